The monoisotopic (exact) mass is 171 g/mol. The van der Waals surface area contributed by atoms with Crippen molar-refractivity contribution >= 4 is 5.97 Å². The molecule has 1 heterocycles. The van der Waals surface area contributed by atoms with Crippen LogP contribution < -0.4 is 0 Å². The quantitative estimate of drug-likeness (QED) is 0.644. The fourth-order valence-corrected chi connectivity index (χ4v) is 1.72. The zero-order chi connectivity index (χ0) is 9.35. The van der Waals surface area contributed by atoms with Gasteiger partial charge in [-0.05, 0) is 40.3 Å². The zero-order valence-electron chi connectivity index (χ0n) is 8.00. The Kier molecular flexibility index (Phi) is 2.42. The van der Waals surface area contributed by atoms with Crippen LogP contribution in [0.3, 0.4) is 0 Å². The summed E-state index contributed by atoms with van der Waals surface area (Å²) in [4.78, 5) is 13.0. The molecule has 1 fully saturated rings. The summed E-state index contributed by atoms with van der Waals surface area (Å²) in [6.07, 6.45) is 1.55. The fourth-order valence-electron chi connectivity index (χ4n) is 1.72. The van der Waals surface area contributed by atoms with E-state index in [9.17, 15) is 4.79 Å². The van der Waals surface area contributed by atoms with Crippen molar-refractivity contribution in [2.24, 2.45) is 5.92 Å². The van der Waals surface area contributed by atoms with Gasteiger partial charge in [-0.15, -0.1) is 0 Å². The van der Waals surface area contributed by atoms with Gasteiger partial charge in [0.05, 0.1) is 5.92 Å². The van der Waals surface area contributed by atoms with E-state index in [2.05, 4.69) is 25.8 Å². The summed E-state index contributed by atoms with van der Waals surface area (Å²) in [6, 6.07) is 0. The van der Waals surface area contributed by atoms with Crippen LogP contribution in [-0.2, 0) is 4.79 Å². The summed E-state index contributed by atoms with van der Waals surface area (Å²) < 4.78 is 0. The van der Waals surface area contributed by atoms with E-state index in [1.807, 2.05) is 0 Å². The molecule has 0 bridgehead atoms. The lowest BCUT2D eigenvalue weighted by Gasteiger charge is -2.42. The number of piperidine rings is 1. The maximum absolute atomic E-state index is 10.7. The molecule has 0 aliphatic carbocycles. The molecule has 1 rings (SSSR count). The van der Waals surface area contributed by atoms with Crippen LogP contribution in [0.5, 0.6) is 0 Å². The number of aliphatic carboxylic acids is 1. The average Bonchev–Trinajstić information content (AvgIpc) is 1.94. The third-order valence-electron chi connectivity index (χ3n) is 2.94. The Morgan fingerprint density at radius 3 is 2.58 bits per heavy atom. The highest BCUT2D eigenvalue weighted by atomic mass is 16.4. The SMILES string of the molecule is CN1CCC(C(=O)O)CC1(C)C. The van der Waals surface area contributed by atoms with Gasteiger partial charge in [0.1, 0.15) is 0 Å². The van der Waals surface area contributed by atoms with Crippen molar-refractivity contribution in [1.29, 1.82) is 0 Å². The molecule has 1 N–H and O–H groups in total. The Balaban J connectivity index is 2.63. The molecule has 3 heteroatoms. The van der Waals surface area contributed by atoms with Gasteiger partial charge in [0.15, 0.2) is 0 Å². The van der Waals surface area contributed by atoms with Gasteiger partial charge in [-0.2, -0.15) is 0 Å². The molecule has 0 aromatic heterocycles. The predicted octanol–water partition coefficient (Wildman–Crippen LogP) is 1.19. The van der Waals surface area contributed by atoms with Crippen LogP contribution in [0.2, 0.25) is 0 Å². The lowest BCUT2D eigenvalue weighted by Crippen LogP contribution is -2.48. The molecular formula is C9H17NO2. The van der Waals surface area contributed by atoms with Gasteiger partial charge in [0, 0.05) is 5.54 Å². The van der Waals surface area contributed by atoms with Crippen molar-refractivity contribution in [2.75, 3.05) is 13.6 Å². The first kappa shape index (κ1) is 9.52. The smallest absolute Gasteiger partial charge is 0.306 e. The van der Waals surface area contributed by atoms with Crippen molar-refractivity contribution in [3.8, 4) is 0 Å². The molecule has 3 nitrogen and oxygen atoms in total. The summed E-state index contributed by atoms with van der Waals surface area (Å²) in [5.41, 5.74) is 0.0430. The lowest BCUT2D eigenvalue weighted by molar-refractivity contribution is -0.145. The van der Waals surface area contributed by atoms with Crippen molar-refractivity contribution in [1.82, 2.24) is 4.90 Å². The van der Waals surface area contributed by atoms with Crippen LogP contribution in [0.15, 0.2) is 0 Å². The standard InChI is InChI=1S/C9H17NO2/c1-9(2)6-7(8(11)12)4-5-10(9)3/h7H,4-6H2,1-3H3,(H,11,12). The molecule has 0 aromatic rings. The van der Waals surface area contributed by atoms with Gasteiger partial charge in [-0.25, -0.2) is 0 Å². The van der Waals surface area contributed by atoms with E-state index < -0.39 is 5.97 Å². The predicted molar refractivity (Wildman–Crippen MR) is 47.1 cm³/mol. The average molecular weight is 171 g/mol. The Morgan fingerprint density at radius 2 is 2.17 bits per heavy atom. The normalized spacial score (nSPS) is 30.1. The minimum Gasteiger partial charge on any atom is -0.481 e. The number of likely N-dealkylation sites (tertiary alicyclic amines) is 1. The largest absolute Gasteiger partial charge is 0.481 e. The van der Waals surface area contributed by atoms with E-state index in [0.717, 1.165) is 19.4 Å². The number of hydrogen-bond donors (Lipinski definition) is 1. The number of rotatable bonds is 1. The van der Waals surface area contributed by atoms with E-state index in [1.165, 1.54) is 0 Å². The Labute approximate surface area is 73.4 Å². The zero-order valence-corrected chi connectivity index (χ0v) is 8.00. The Bertz CT molecular complexity index is 189. The summed E-state index contributed by atoms with van der Waals surface area (Å²) in [6.45, 7) is 5.09. The molecule has 0 aromatic carbocycles. The molecule has 1 atom stereocenters. The van der Waals surface area contributed by atoms with Gasteiger partial charge in [-0.3, -0.25) is 4.79 Å². The highest BCUT2D eigenvalue weighted by molar-refractivity contribution is 5.70. The van der Waals surface area contributed by atoms with Gasteiger partial charge in [0.2, 0.25) is 0 Å². The Morgan fingerprint density at radius 1 is 1.58 bits per heavy atom. The molecule has 1 aliphatic rings. The maximum Gasteiger partial charge on any atom is 0.306 e. The summed E-state index contributed by atoms with van der Waals surface area (Å²) >= 11 is 0. The Hall–Kier alpha value is -0.570. The summed E-state index contributed by atoms with van der Waals surface area (Å²) in [5, 5.41) is 8.84. The van der Waals surface area contributed by atoms with Crippen LogP contribution in [0.1, 0.15) is 26.7 Å². The highest BCUT2D eigenvalue weighted by Crippen LogP contribution is 2.29. The van der Waals surface area contributed by atoms with Crippen molar-refractivity contribution in [3.63, 3.8) is 0 Å². The minimum absolute atomic E-state index is 0.0430. The van der Waals surface area contributed by atoms with E-state index in [1.54, 1.807) is 0 Å². The highest BCUT2D eigenvalue weighted by Gasteiger charge is 2.35. The van der Waals surface area contributed by atoms with E-state index in [-0.39, 0.29) is 11.5 Å². The van der Waals surface area contributed by atoms with Crippen LogP contribution >= 0.6 is 0 Å². The molecule has 0 spiro atoms. The molecule has 1 unspecified atom stereocenters. The van der Waals surface area contributed by atoms with E-state index >= 15 is 0 Å². The number of carbonyl (C=O) groups is 1. The summed E-state index contributed by atoms with van der Waals surface area (Å²) in [5.74, 6) is -0.785. The summed E-state index contributed by atoms with van der Waals surface area (Å²) in [7, 11) is 2.05. The number of carboxylic acids is 1. The van der Waals surface area contributed by atoms with Crippen molar-refractivity contribution < 1.29 is 9.90 Å². The first-order valence-electron chi connectivity index (χ1n) is 4.37. The van der Waals surface area contributed by atoms with Gasteiger partial charge in [-0.1, -0.05) is 0 Å². The number of carboxylic acid groups (broad SMARTS) is 1. The first-order chi connectivity index (χ1) is 5.43. The van der Waals surface area contributed by atoms with E-state index in [4.69, 9.17) is 5.11 Å². The van der Waals surface area contributed by atoms with Crippen LogP contribution in [-0.4, -0.2) is 35.1 Å². The second-order valence-corrected chi connectivity index (χ2v) is 4.26. The fraction of sp³-hybridized carbons (Fsp3) is 0.889. The lowest BCUT2D eigenvalue weighted by atomic mass is 9.83. The molecule has 1 aliphatic heterocycles. The third kappa shape index (κ3) is 1.78. The topological polar surface area (TPSA) is 40.5 Å². The van der Waals surface area contributed by atoms with Crippen LogP contribution in [0, 0.1) is 5.92 Å². The first-order valence-corrected chi connectivity index (χ1v) is 4.37. The van der Waals surface area contributed by atoms with Gasteiger partial charge >= 0.3 is 5.97 Å². The van der Waals surface area contributed by atoms with E-state index in [0.29, 0.717) is 0 Å². The van der Waals surface area contributed by atoms with Crippen molar-refractivity contribution in [3.05, 3.63) is 0 Å². The van der Waals surface area contributed by atoms with Crippen LogP contribution in [0.4, 0.5) is 0 Å². The second kappa shape index (κ2) is 3.05. The molecular weight excluding hydrogens is 154 g/mol. The second-order valence-electron chi connectivity index (χ2n) is 4.26. The van der Waals surface area contributed by atoms with Gasteiger partial charge < -0.3 is 10.0 Å². The molecule has 0 radical (unpaired) electrons. The van der Waals surface area contributed by atoms with Crippen LogP contribution in [0.25, 0.3) is 0 Å². The molecule has 1 saturated heterocycles. The molecule has 0 amide bonds. The third-order valence-corrected chi connectivity index (χ3v) is 2.94. The number of nitrogens with zero attached hydrogens (tertiary/aromatic N) is 1. The molecule has 70 valence electrons. The van der Waals surface area contributed by atoms with Crippen molar-refractivity contribution in [2.45, 2.75) is 32.2 Å². The van der Waals surface area contributed by atoms with Gasteiger partial charge in [0.25, 0.3) is 0 Å². The minimum atomic E-state index is -0.642. The molecule has 12 heavy (non-hydrogen) atoms. The maximum atomic E-state index is 10.7. The molecule has 0 saturated carbocycles. The number of hydrogen-bond acceptors (Lipinski definition) is 2.